The van der Waals surface area contributed by atoms with E-state index in [1.807, 2.05) is 0 Å². The predicted octanol–water partition coefficient (Wildman–Crippen LogP) is 10.5. The third-order valence-corrected chi connectivity index (χ3v) is 11.2. The van der Waals surface area contributed by atoms with Gasteiger partial charge in [-0.1, -0.05) is 58.3 Å². The molecule has 0 N–H and O–H groups in total. The van der Waals surface area contributed by atoms with Gasteiger partial charge in [0.15, 0.2) is 12.6 Å². The van der Waals surface area contributed by atoms with Gasteiger partial charge >= 0.3 is 0 Å². The highest BCUT2D eigenvalue weighted by Crippen LogP contribution is 2.37. The average Bonchev–Trinajstić information content (AvgIpc) is 3.37. The van der Waals surface area contributed by atoms with Gasteiger partial charge in [-0.3, -0.25) is 4.21 Å². The highest BCUT2D eigenvalue weighted by atomic mass is 32.2. The summed E-state index contributed by atoms with van der Waals surface area (Å²) in [4.78, 5) is 0. The fourth-order valence-corrected chi connectivity index (χ4v) is 8.25. The fraction of sp³-hybridized carbons (Fsp3) is 0.650. The normalized spacial score (nSPS) is 19.2. The van der Waals surface area contributed by atoms with E-state index < -0.39 is 10.8 Å². The van der Waals surface area contributed by atoms with E-state index in [4.69, 9.17) is 18.9 Å². The number of rotatable bonds is 20. The summed E-state index contributed by atoms with van der Waals surface area (Å²) in [6.45, 7) is 7.00. The number of benzene rings is 2. The maximum absolute atomic E-state index is 12.1. The van der Waals surface area contributed by atoms with Gasteiger partial charge in [0.2, 0.25) is 0 Å². The Bertz CT molecular complexity index is 1360. The molecule has 1 aromatic heterocycles. The monoisotopic (exact) mass is 665 g/mol. The van der Waals surface area contributed by atoms with Crippen LogP contribution in [0.25, 0.3) is 22.2 Å². The maximum atomic E-state index is 12.1. The van der Waals surface area contributed by atoms with Crippen LogP contribution >= 0.6 is 0 Å². The summed E-state index contributed by atoms with van der Waals surface area (Å²) in [5, 5.41) is 1.25. The minimum atomic E-state index is -0.609. The van der Waals surface area contributed by atoms with E-state index in [0.717, 1.165) is 101 Å². The molecule has 3 aromatic rings. The van der Waals surface area contributed by atoms with Gasteiger partial charge in [0.25, 0.3) is 0 Å². The molecule has 0 spiro atoms. The SMILES string of the molecule is CCCCCS(=O)CCCCCCCCCCn1c(-c2ccc(OC3CCCCO3)cc2)c(C)c2cc(OC3CCCCO3)ccc21. The highest BCUT2D eigenvalue weighted by Gasteiger charge is 2.20. The minimum Gasteiger partial charge on any atom is -0.465 e. The summed E-state index contributed by atoms with van der Waals surface area (Å²) in [6.07, 6.45) is 19.5. The van der Waals surface area contributed by atoms with Crippen LogP contribution in [0.1, 0.15) is 122 Å². The Labute approximate surface area is 286 Å². The van der Waals surface area contributed by atoms with E-state index in [-0.39, 0.29) is 12.6 Å². The van der Waals surface area contributed by atoms with Crippen molar-refractivity contribution >= 4 is 21.7 Å². The fourth-order valence-electron chi connectivity index (χ4n) is 6.99. The van der Waals surface area contributed by atoms with E-state index in [0.29, 0.717) is 0 Å². The van der Waals surface area contributed by atoms with Gasteiger partial charge in [-0.05, 0) is 105 Å². The lowest BCUT2D eigenvalue weighted by Crippen LogP contribution is -2.24. The summed E-state index contributed by atoms with van der Waals surface area (Å²) in [6, 6.07) is 15.1. The third-order valence-electron chi connectivity index (χ3n) is 9.71. The maximum Gasteiger partial charge on any atom is 0.199 e. The van der Waals surface area contributed by atoms with Crippen LogP contribution in [0, 0.1) is 6.92 Å². The molecule has 5 rings (SSSR count). The molecule has 2 saturated heterocycles. The molecule has 260 valence electrons. The van der Waals surface area contributed by atoms with Gasteiger partial charge in [-0.2, -0.15) is 0 Å². The summed E-state index contributed by atoms with van der Waals surface area (Å²) in [5.41, 5.74) is 5.03. The van der Waals surface area contributed by atoms with E-state index in [1.54, 1.807) is 0 Å². The van der Waals surface area contributed by atoms with E-state index >= 15 is 0 Å². The van der Waals surface area contributed by atoms with E-state index in [9.17, 15) is 4.21 Å². The Morgan fingerprint density at radius 1 is 0.723 bits per heavy atom. The molecular formula is C40H59NO5S. The van der Waals surface area contributed by atoms with Crippen LogP contribution in [0.3, 0.4) is 0 Å². The zero-order valence-electron chi connectivity index (χ0n) is 29.1. The Hall–Kier alpha value is -2.35. The molecule has 2 fully saturated rings. The summed E-state index contributed by atoms with van der Waals surface area (Å²) >= 11 is 0. The second-order valence-corrected chi connectivity index (χ2v) is 15.2. The average molecular weight is 666 g/mol. The quantitative estimate of drug-likeness (QED) is 0.112. The molecule has 7 heteroatoms. The standard InChI is InChI=1S/C40H59NO5S/c1-3-4-16-29-47(42)30-17-10-8-6-5-7-9-13-26-41-37-25-24-35(46-39-19-12-15-28-44-39)31-36(37)32(2)40(41)33-20-22-34(23-21-33)45-38-18-11-14-27-43-38/h20-25,31,38-39H,3-19,26-30H2,1-2H3. The van der Waals surface area contributed by atoms with E-state index in [1.165, 1.54) is 79.1 Å². The van der Waals surface area contributed by atoms with E-state index in [2.05, 4.69) is 60.9 Å². The molecule has 3 unspecified atom stereocenters. The second kappa shape index (κ2) is 19.6. The van der Waals surface area contributed by atoms with Gasteiger partial charge in [-0.25, -0.2) is 0 Å². The lowest BCUT2D eigenvalue weighted by atomic mass is 10.1. The molecule has 2 aliphatic heterocycles. The van der Waals surface area contributed by atoms with Crippen molar-refractivity contribution in [3.8, 4) is 22.8 Å². The van der Waals surface area contributed by atoms with Crippen molar-refractivity contribution in [1.29, 1.82) is 0 Å². The molecule has 47 heavy (non-hydrogen) atoms. The van der Waals surface area contributed by atoms with Crippen molar-refractivity contribution in [3.63, 3.8) is 0 Å². The summed E-state index contributed by atoms with van der Waals surface area (Å²) < 4.78 is 38.7. The van der Waals surface area contributed by atoms with Gasteiger partial charge < -0.3 is 23.5 Å². The molecular weight excluding hydrogens is 607 g/mol. The van der Waals surface area contributed by atoms with Gasteiger partial charge in [0.05, 0.1) is 18.9 Å². The Morgan fingerprint density at radius 3 is 1.91 bits per heavy atom. The predicted molar refractivity (Wildman–Crippen MR) is 195 cm³/mol. The number of hydrogen-bond donors (Lipinski definition) is 0. The first-order valence-electron chi connectivity index (χ1n) is 18.8. The number of fused-ring (bicyclic) bond motifs is 1. The molecule has 0 amide bonds. The van der Waals surface area contributed by atoms with Crippen molar-refractivity contribution in [2.45, 2.75) is 142 Å². The minimum absolute atomic E-state index is 0.139. The van der Waals surface area contributed by atoms with Crippen LogP contribution in [0.5, 0.6) is 11.5 Å². The lowest BCUT2D eigenvalue weighted by Gasteiger charge is -2.23. The molecule has 2 aliphatic rings. The highest BCUT2D eigenvalue weighted by molar-refractivity contribution is 7.84. The van der Waals surface area contributed by atoms with Gasteiger partial charge in [-0.15, -0.1) is 0 Å². The summed E-state index contributed by atoms with van der Waals surface area (Å²) in [5.74, 6) is 3.54. The van der Waals surface area contributed by atoms with Crippen molar-refractivity contribution in [1.82, 2.24) is 4.57 Å². The molecule has 6 nitrogen and oxygen atoms in total. The zero-order chi connectivity index (χ0) is 32.7. The van der Waals surface area contributed by atoms with Crippen LogP contribution < -0.4 is 9.47 Å². The van der Waals surface area contributed by atoms with Gasteiger partial charge in [0.1, 0.15) is 11.5 Å². The number of nitrogens with zero attached hydrogens (tertiary/aromatic N) is 1. The number of ether oxygens (including phenoxy) is 4. The Balaban J connectivity index is 1.18. The van der Waals surface area contributed by atoms with Crippen molar-refractivity contribution in [2.75, 3.05) is 24.7 Å². The second-order valence-electron chi connectivity index (χ2n) is 13.5. The zero-order valence-corrected chi connectivity index (χ0v) is 30.0. The number of unbranched alkanes of at least 4 members (excludes halogenated alkanes) is 9. The first-order chi connectivity index (χ1) is 23.1. The number of aromatic nitrogens is 1. The first-order valence-corrected chi connectivity index (χ1v) is 20.3. The van der Waals surface area contributed by atoms with Gasteiger partial charge in [0, 0.05) is 52.6 Å². The van der Waals surface area contributed by atoms with Crippen LogP contribution in [-0.2, 0) is 26.8 Å². The van der Waals surface area contributed by atoms with Crippen molar-refractivity contribution in [2.24, 2.45) is 0 Å². The Morgan fingerprint density at radius 2 is 1.30 bits per heavy atom. The molecule has 3 heterocycles. The largest absolute Gasteiger partial charge is 0.465 e. The van der Waals surface area contributed by atoms with Crippen molar-refractivity contribution < 1.29 is 23.2 Å². The first kappa shape index (κ1) is 35.9. The Kier molecular flexibility index (Phi) is 15.0. The topological polar surface area (TPSA) is 58.9 Å². The molecule has 2 aromatic carbocycles. The number of hydrogen-bond acceptors (Lipinski definition) is 5. The molecule has 0 aliphatic carbocycles. The third kappa shape index (κ3) is 11.1. The summed E-state index contributed by atoms with van der Waals surface area (Å²) in [7, 11) is -0.609. The van der Waals surface area contributed by atoms with Crippen LogP contribution in [-0.4, -0.2) is 46.1 Å². The van der Waals surface area contributed by atoms with Crippen LogP contribution in [0.4, 0.5) is 0 Å². The van der Waals surface area contributed by atoms with Crippen LogP contribution in [0.15, 0.2) is 42.5 Å². The molecule has 0 bridgehead atoms. The molecule has 0 radical (unpaired) electrons. The lowest BCUT2D eigenvalue weighted by molar-refractivity contribution is -0.106. The molecule has 0 saturated carbocycles. The number of aryl methyl sites for hydroxylation is 2. The van der Waals surface area contributed by atoms with Crippen LogP contribution in [0.2, 0.25) is 0 Å². The smallest absolute Gasteiger partial charge is 0.199 e. The molecule has 3 atom stereocenters. The van der Waals surface area contributed by atoms with Crippen molar-refractivity contribution in [3.05, 3.63) is 48.0 Å².